The normalized spacial score (nSPS) is 16.9. The van der Waals surface area contributed by atoms with Gasteiger partial charge in [-0.05, 0) is 25.4 Å². The van der Waals surface area contributed by atoms with Gasteiger partial charge in [-0.2, -0.15) is 0 Å². The third-order valence-electron chi connectivity index (χ3n) is 2.64. The van der Waals surface area contributed by atoms with Crippen LogP contribution in [0, 0.1) is 5.92 Å². The van der Waals surface area contributed by atoms with Crippen LogP contribution in [0.15, 0.2) is 0 Å². The molecule has 1 fully saturated rings. The number of hydrogen-bond donors (Lipinski definition) is 1. The molecule has 1 aliphatic rings. The lowest BCUT2D eigenvalue weighted by Crippen LogP contribution is -2.32. The van der Waals surface area contributed by atoms with E-state index in [1.165, 1.54) is 0 Å². The summed E-state index contributed by atoms with van der Waals surface area (Å²) < 4.78 is 0. The van der Waals surface area contributed by atoms with E-state index in [0.29, 0.717) is 5.92 Å². The van der Waals surface area contributed by atoms with Gasteiger partial charge in [-0.3, -0.25) is 0 Å². The Kier molecular flexibility index (Phi) is 4.88. The summed E-state index contributed by atoms with van der Waals surface area (Å²) in [6, 6.07) is 0.179. The largest absolute Gasteiger partial charge is 0.326 e. The maximum Gasteiger partial charge on any atom is 0.319 e. The number of nitrogens with one attached hydrogen (secondary N) is 1. The lowest BCUT2D eigenvalue weighted by Gasteiger charge is -2.16. The molecular weight excluding hydrogens is 190 g/mol. The molecule has 1 heterocycles. The average Bonchev–Trinajstić information content (AvgIpc) is 2.48. The van der Waals surface area contributed by atoms with E-state index in [-0.39, 0.29) is 6.03 Å². The van der Waals surface area contributed by atoms with E-state index in [1.807, 2.05) is 11.9 Å². The molecule has 2 amide bonds. The Labute approximate surface area is 92.6 Å². The van der Waals surface area contributed by atoms with Crippen molar-refractivity contribution >= 4 is 6.03 Å². The summed E-state index contributed by atoms with van der Waals surface area (Å²) in [5, 5.41) is 3.38. The third kappa shape index (κ3) is 4.08. The van der Waals surface area contributed by atoms with Gasteiger partial charge >= 0.3 is 6.03 Å². The summed E-state index contributed by atoms with van der Waals surface area (Å²) in [4.78, 5) is 15.2. The number of carbonyl (C=O) groups excluding carboxylic acids is 1. The molecule has 4 heteroatoms. The molecule has 1 saturated heterocycles. The molecular formula is C11H23N3O. The van der Waals surface area contributed by atoms with Crippen molar-refractivity contribution < 1.29 is 4.79 Å². The number of likely N-dealkylation sites (N-methyl/N-ethyl adjacent to an activating group) is 1. The van der Waals surface area contributed by atoms with Crippen LogP contribution in [-0.4, -0.2) is 55.6 Å². The van der Waals surface area contributed by atoms with E-state index < -0.39 is 0 Å². The van der Waals surface area contributed by atoms with Gasteiger partial charge in [0.1, 0.15) is 0 Å². The summed E-state index contributed by atoms with van der Waals surface area (Å²) in [6.45, 7) is 9.11. The molecule has 0 bridgehead atoms. The molecule has 88 valence electrons. The van der Waals surface area contributed by atoms with Crippen LogP contribution in [0.1, 0.15) is 20.3 Å². The summed E-state index contributed by atoms with van der Waals surface area (Å²) in [5.74, 6) is 0.699. The van der Waals surface area contributed by atoms with E-state index >= 15 is 0 Å². The van der Waals surface area contributed by atoms with Crippen LogP contribution in [0.2, 0.25) is 0 Å². The molecule has 1 N–H and O–H groups in total. The standard InChI is InChI=1S/C11H23N3O/c1-10(2)9-12-5-4-6-14-8-7-13(3)11(14)15/h10,12H,4-9H2,1-3H3. The molecule has 0 aliphatic carbocycles. The lowest BCUT2D eigenvalue weighted by atomic mass is 10.2. The van der Waals surface area contributed by atoms with E-state index in [1.54, 1.807) is 4.90 Å². The van der Waals surface area contributed by atoms with Gasteiger partial charge in [0.05, 0.1) is 0 Å². The molecule has 4 nitrogen and oxygen atoms in total. The highest BCUT2D eigenvalue weighted by molar-refractivity contribution is 5.76. The lowest BCUT2D eigenvalue weighted by molar-refractivity contribution is 0.198. The fraction of sp³-hybridized carbons (Fsp3) is 0.909. The minimum absolute atomic E-state index is 0.179. The summed E-state index contributed by atoms with van der Waals surface area (Å²) >= 11 is 0. The van der Waals surface area contributed by atoms with E-state index in [4.69, 9.17) is 0 Å². The summed E-state index contributed by atoms with van der Waals surface area (Å²) in [6.07, 6.45) is 1.05. The van der Waals surface area contributed by atoms with Crippen LogP contribution in [0.5, 0.6) is 0 Å². The van der Waals surface area contributed by atoms with Crippen molar-refractivity contribution in [1.29, 1.82) is 0 Å². The second kappa shape index (κ2) is 5.95. The minimum Gasteiger partial charge on any atom is -0.326 e. The van der Waals surface area contributed by atoms with Crippen molar-refractivity contribution in [3.63, 3.8) is 0 Å². The summed E-state index contributed by atoms with van der Waals surface area (Å²) in [7, 11) is 1.86. The predicted octanol–water partition coefficient (Wildman–Crippen LogP) is 0.990. The molecule has 0 unspecified atom stereocenters. The Morgan fingerprint density at radius 1 is 1.40 bits per heavy atom. The molecule has 0 aromatic carbocycles. The van der Waals surface area contributed by atoms with Gasteiger partial charge in [0.25, 0.3) is 0 Å². The van der Waals surface area contributed by atoms with Crippen LogP contribution < -0.4 is 5.32 Å². The fourth-order valence-electron chi connectivity index (χ4n) is 1.70. The first-order valence-electron chi connectivity index (χ1n) is 5.82. The Hall–Kier alpha value is -0.770. The van der Waals surface area contributed by atoms with E-state index in [2.05, 4.69) is 19.2 Å². The van der Waals surface area contributed by atoms with Gasteiger partial charge in [0, 0.05) is 26.7 Å². The quantitative estimate of drug-likeness (QED) is 0.668. The van der Waals surface area contributed by atoms with Crippen LogP contribution in [0.25, 0.3) is 0 Å². The number of urea groups is 1. The molecule has 1 aliphatic heterocycles. The molecule has 1 rings (SSSR count). The highest BCUT2D eigenvalue weighted by Crippen LogP contribution is 2.05. The molecule has 0 radical (unpaired) electrons. The summed E-state index contributed by atoms with van der Waals surface area (Å²) in [5.41, 5.74) is 0. The first kappa shape index (κ1) is 12.3. The first-order chi connectivity index (χ1) is 7.11. The molecule has 0 aromatic heterocycles. The number of hydrogen-bond acceptors (Lipinski definition) is 2. The van der Waals surface area contributed by atoms with Gasteiger partial charge in [-0.15, -0.1) is 0 Å². The zero-order valence-electron chi connectivity index (χ0n) is 10.1. The topological polar surface area (TPSA) is 35.6 Å². The van der Waals surface area contributed by atoms with Crippen molar-refractivity contribution in [2.24, 2.45) is 5.92 Å². The monoisotopic (exact) mass is 213 g/mol. The molecule has 0 spiro atoms. The van der Waals surface area contributed by atoms with Gasteiger partial charge in [-0.1, -0.05) is 13.8 Å². The number of nitrogens with zero attached hydrogens (tertiary/aromatic N) is 2. The fourth-order valence-corrected chi connectivity index (χ4v) is 1.70. The average molecular weight is 213 g/mol. The maximum absolute atomic E-state index is 11.5. The van der Waals surface area contributed by atoms with Crippen molar-refractivity contribution in [1.82, 2.24) is 15.1 Å². The number of carbonyl (C=O) groups is 1. The zero-order chi connectivity index (χ0) is 11.3. The van der Waals surface area contributed by atoms with Crippen molar-refractivity contribution in [3.05, 3.63) is 0 Å². The number of rotatable bonds is 6. The smallest absolute Gasteiger partial charge is 0.319 e. The SMILES string of the molecule is CC(C)CNCCCN1CCN(C)C1=O. The highest BCUT2D eigenvalue weighted by Gasteiger charge is 2.23. The van der Waals surface area contributed by atoms with Gasteiger partial charge in [-0.25, -0.2) is 4.79 Å². The molecule has 0 aromatic rings. The molecule has 0 saturated carbocycles. The van der Waals surface area contributed by atoms with Crippen LogP contribution >= 0.6 is 0 Å². The van der Waals surface area contributed by atoms with Crippen LogP contribution in [0.4, 0.5) is 4.79 Å². The van der Waals surface area contributed by atoms with Gasteiger partial charge < -0.3 is 15.1 Å². The van der Waals surface area contributed by atoms with Crippen molar-refractivity contribution in [3.8, 4) is 0 Å². The zero-order valence-corrected chi connectivity index (χ0v) is 10.1. The van der Waals surface area contributed by atoms with Gasteiger partial charge in [0.15, 0.2) is 0 Å². The number of amides is 2. The van der Waals surface area contributed by atoms with Crippen LogP contribution in [0.3, 0.4) is 0 Å². The molecule has 0 atom stereocenters. The van der Waals surface area contributed by atoms with Crippen molar-refractivity contribution in [2.45, 2.75) is 20.3 Å². The Morgan fingerprint density at radius 2 is 2.13 bits per heavy atom. The highest BCUT2D eigenvalue weighted by atomic mass is 16.2. The van der Waals surface area contributed by atoms with E-state index in [0.717, 1.165) is 39.1 Å². The third-order valence-corrected chi connectivity index (χ3v) is 2.64. The second-order valence-electron chi connectivity index (χ2n) is 4.64. The Morgan fingerprint density at radius 3 is 2.67 bits per heavy atom. The Bertz CT molecular complexity index is 206. The van der Waals surface area contributed by atoms with E-state index in [9.17, 15) is 4.79 Å². The van der Waals surface area contributed by atoms with Crippen molar-refractivity contribution in [2.75, 3.05) is 39.8 Å². The predicted molar refractivity (Wildman–Crippen MR) is 61.9 cm³/mol. The van der Waals surface area contributed by atoms with Crippen LogP contribution in [-0.2, 0) is 0 Å². The molecule has 15 heavy (non-hydrogen) atoms. The maximum atomic E-state index is 11.5. The minimum atomic E-state index is 0.179. The Balaban J connectivity index is 2.03. The first-order valence-corrected chi connectivity index (χ1v) is 5.82. The second-order valence-corrected chi connectivity index (χ2v) is 4.64. The van der Waals surface area contributed by atoms with Gasteiger partial charge in [0.2, 0.25) is 0 Å².